The van der Waals surface area contributed by atoms with Gasteiger partial charge in [0.1, 0.15) is 10.7 Å². The average molecular weight is 365 g/mol. The highest BCUT2D eigenvalue weighted by molar-refractivity contribution is 7.89. The van der Waals surface area contributed by atoms with Crippen molar-refractivity contribution in [1.29, 1.82) is 0 Å². The van der Waals surface area contributed by atoms with Crippen LogP contribution in [-0.4, -0.2) is 35.6 Å². The summed E-state index contributed by atoms with van der Waals surface area (Å²) in [4.78, 5) is 0.315. The molecule has 1 unspecified atom stereocenters. The number of aromatic nitrogens is 2. The van der Waals surface area contributed by atoms with E-state index in [1.807, 2.05) is 0 Å². The molecular formula is C18H24FN3O2S. The molecule has 1 aromatic heterocycles. The molecule has 1 aromatic carbocycles. The number of hydrogen-bond donors (Lipinski definition) is 0. The van der Waals surface area contributed by atoms with E-state index in [2.05, 4.69) is 5.10 Å². The third-order valence-electron chi connectivity index (χ3n) is 5.02. The quantitative estimate of drug-likeness (QED) is 0.840. The summed E-state index contributed by atoms with van der Waals surface area (Å²) in [5.74, 6) is -0.196. The Morgan fingerprint density at radius 2 is 1.84 bits per heavy atom. The van der Waals surface area contributed by atoms with Gasteiger partial charge in [0.15, 0.2) is 0 Å². The lowest BCUT2D eigenvalue weighted by Crippen LogP contribution is -2.34. The van der Waals surface area contributed by atoms with Crippen LogP contribution < -0.4 is 0 Å². The molecule has 0 aliphatic carbocycles. The molecule has 1 atom stereocenters. The molecule has 2 heterocycles. The van der Waals surface area contributed by atoms with Gasteiger partial charge in [-0.25, -0.2) is 12.8 Å². The Morgan fingerprint density at radius 1 is 1.16 bits per heavy atom. The van der Waals surface area contributed by atoms with E-state index in [-0.39, 0.29) is 11.7 Å². The molecule has 2 aromatic rings. The lowest BCUT2D eigenvalue weighted by atomic mass is 9.95. The molecule has 1 aliphatic rings. The summed E-state index contributed by atoms with van der Waals surface area (Å²) in [5, 5.41) is 4.25. The Morgan fingerprint density at radius 3 is 2.44 bits per heavy atom. The summed E-state index contributed by atoms with van der Waals surface area (Å²) in [6.45, 7) is 4.44. The number of halogens is 1. The van der Waals surface area contributed by atoms with E-state index in [1.54, 1.807) is 42.0 Å². The predicted octanol–water partition coefficient (Wildman–Crippen LogP) is 3.13. The van der Waals surface area contributed by atoms with Crippen LogP contribution in [0.4, 0.5) is 4.39 Å². The maximum Gasteiger partial charge on any atom is 0.246 e. The fourth-order valence-electron chi connectivity index (χ4n) is 3.59. The monoisotopic (exact) mass is 365 g/mol. The Labute approximate surface area is 148 Å². The van der Waals surface area contributed by atoms with Crippen LogP contribution in [0.3, 0.4) is 0 Å². The number of rotatable bonds is 3. The van der Waals surface area contributed by atoms with Crippen molar-refractivity contribution >= 4 is 10.0 Å². The van der Waals surface area contributed by atoms with E-state index >= 15 is 0 Å². The summed E-state index contributed by atoms with van der Waals surface area (Å²) in [7, 11) is -1.84. The molecule has 7 heteroatoms. The minimum Gasteiger partial charge on any atom is -0.271 e. The van der Waals surface area contributed by atoms with Gasteiger partial charge in [-0.1, -0.05) is 18.6 Å². The largest absolute Gasteiger partial charge is 0.271 e. The van der Waals surface area contributed by atoms with Crippen molar-refractivity contribution in [3.8, 4) is 0 Å². The smallest absolute Gasteiger partial charge is 0.246 e. The van der Waals surface area contributed by atoms with Gasteiger partial charge in [-0.3, -0.25) is 4.68 Å². The second-order valence-electron chi connectivity index (χ2n) is 6.73. The number of benzene rings is 1. The number of aryl methyl sites for hydroxylation is 2. The zero-order chi connectivity index (χ0) is 18.2. The first-order valence-electron chi connectivity index (χ1n) is 8.56. The first kappa shape index (κ1) is 18.1. The first-order chi connectivity index (χ1) is 11.8. The molecule has 0 radical (unpaired) electrons. The van der Waals surface area contributed by atoms with Crippen LogP contribution in [-0.2, 0) is 17.1 Å². The summed E-state index contributed by atoms with van der Waals surface area (Å²) in [6.07, 6.45) is 2.69. The zero-order valence-corrected chi connectivity index (χ0v) is 15.7. The van der Waals surface area contributed by atoms with Gasteiger partial charge in [0.25, 0.3) is 0 Å². The summed E-state index contributed by atoms with van der Waals surface area (Å²) >= 11 is 0. The third-order valence-corrected chi connectivity index (χ3v) is 7.13. The molecule has 1 aliphatic heterocycles. The van der Waals surface area contributed by atoms with Crippen LogP contribution in [0.5, 0.6) is 0 Å². The van der Waals surface area contributed by atoms with E-state index < -0.39 is 10.0 Å². The van der Waals surface area contributed by atoms with Crippen LogP contribution in [0.25, 0.3) is 0 Å². The van der Waals surface area contributed by atoms with Gasteiger partial charge in [0.05, 0.1) is 11.4 Å². The number of nitrogens with zero attached hydrogens (tertiary/aromatic N) is 3. The van der Waals surface area contributed by atoms with E-state index in [0.29, 0.717) is 29.4 Å². The van der Waals surface area contributed by atoms with Gasteiger partial charge in [0.2, 0.25) is 10.0 Å². The summed E-state index contributed by atoms with van der Waals surface area (Å²) < 4.78 is 42.9. The van der Waals surface area contributed by atoms with E-state index in [4.69, 9.17) is 0 Å². The van der Waals surface area contributed by atoms with Gasteiger partial charge in [0, 0.05) is 20.1 Å². The van der Waals surface area contributed by atoms with Crippen molar-refractivity contribution in [1.82, 2.24) is 14.1 Å². The predicted molar refractivity (Wildman–Crippen MR) is 94.4 cm³/mol. The molecule has 0 N–H and O–H groups in total. The molecule has 0 amide bonds. The lowest BCUT2D eigenvalue weighted by molar-refractivity contribution is 0.405. The van der Waals surface area contributed by atoms with Crippen LogP contribution in [0.1, 0.15) is 42.1 Å². The van der Waals surface area contributed by atoms with Crippen molar-refractivity contribution in [2.24, 2.45) is 7.05 Å². The van der Waals surface area contributed by atoms with E-state index in [1.165, 1.54) is 12.1 Å². The van der Waals surface area contributed by atoms with Gasteiger partial charge < -0.3 is 0 Å². The first-order valence-corrected chi connectivity index (χ1v) is 10.0. The standard InChI is InChI=1S/C18H24FN3O2S/c1-13-18(14(2)21(3)20-13)25(23,24)22-11-5-4-6-16(12-22)15-7-9-17(19)10-8-15/h7-10,16H,4-6,11-12H2,1-3H3. The normalized spacial score (nSPS) is 19.8. The van der Waals surface area contributed by atoms with Crippen LogP contribution in [0.2, 0.25) is 0 Å². The van der Waals surface area contributed by atoms with Crippen LogP contribution in [0.15, 0.2) is 29.2 Å². The van der Waals surface area contributed by atoms with Crippen molar-refractivity contribution < 1.29 is 12.8 Å². The van der Waals surface area contributed by atoms with Crippen molar-refractivity contribution in [2.75, 3.05) is 13.1 Å². The maximum absolute atomic E-state index is 13.2. The van der Waals surface area contributed by atoms with Crippen molar-refractivity contribution in [3.63, 3.8) is 0 Å². The second-order valence-corrected chi connectivity index (χ2v) is 8.61. The minimum absolute atomic E-state index is 0.0789. The van der Waals surface area contributed by atoms with Crippen molar-refractivity contribution in [3.05, 3.63) is 47.0 Å². The van der Waals surface area contributed by atoms with E-state index in [0.717, 1.165) is 24.8 Å². The fourth-order valence-corrected chi connectivity index (χ4v) is 5.51. The fraction of sp³-hybridized carbons (Fsp3) is 0.500. The Hall–Kier alpha value is -1.73. The molecule has 0 spiro atoms. The van der Waals surface area contributed by atoms with Gasteiger partial charge >= 0.3 is 0 Å². The average Bonchev–Trinajstić information content (AvgIpc) is 2.74. The number of hydrogen-bond acceptors (Lipinski definition) is 3. The Balaban J connectivity index is 1.93. The lowest BCUT2D eigenvalue weighted by Gasteiger charge is -2.24. The van der Waals surface area contributed by atoms with Crippen LogP contribution in [0, 0.1) is 19.7 Å². The van der Waals surface area contributed by atoms with Gasteiger partial charge in [-0.2, -0.15) is 9.40 Å². The third kappa shape index (κ3) is 3.48. The highest BCUT2D eigenvalue weighted by Gasteiger charge is 2.33. The molecular weight excluding hydrogens is 341 g/mol. The molecule has 1 saturated heterocycles. The highest BCUT2D eigenvalue weighted by atomic mass is 32.2. The van der Waals surface area contributed by atoms with Gasteiger partial charge in [-0.15, -0.1) is 0 Å². The molecule has 3 rings (SSSR count). The Bertz CT molecular complexity index is 859. The topological polar surface area (TPSA) is 55.2 Å². The zero-order valence-electron chi connectivity index (χ0n) is 14.9. The molecule has 136 valence electrons. The highest BCUT2D eigenvalue weighted by Crippen LogP contribution is 2.31. The Kier molecular flexibility index (Phi) is 4.97. The minimum atomic E-state index is -3.60. The molecule has 0 saturated carbocycles. The number of sulfonamides is 1. The molecule has 1 fully saturated rings. The molecule has 25 heavy (non-hydrogen) atoms. The SMILES string of the molecule is Cc1nn(C)c(C)c1S(=O)(=O)N1CCCCC(c2ccc(F)cc2)C1. The summed E-state index contributed by atoms with van der Waals surface area (Å²) in [5.41, 5.74) is 2.17. The van der Waals surface area contributed by atoms with E-state index in [9.17, 15) is 12.8 Å². The van der Waals surface area contributed by atoms with Gasteiger partial charge in [-0.05, 0) is 50.3 Å². The van der Waals surface area contributed by atoms with Crippen molar-refractivity contribution in [2.45, 2.75) is 43.9 Å². The van der Waals surface area contributed by atoms with Crippen LogP contribution >= 0.6 is 0 Å². The maximum atomic E-state index is 13.2. The molecule has 0 bridgehead atoms. The second kappa shape index (κ2) is 6.88. The molecule has 5 nitrogen and oxygen atoms in total. The summed E-state index contributed by atoms with van der Waals surface area (Å²) in [6, 6.07) is 6.40.